The average molecular weight is 292 g/mol. The lowest BCUT2D eigenvalue weighted by Crippen LogP contribution is -2.56. The number of fused-ring (bicyclic) bond motifs is 3. The highest BCUT2D eigenvalue weighted by atomic mass is 15.2. The van der Waals surface area contributed by atoms with Gasteiger partial charge in [-0.1, -0.05) is 60.7 Å². The zero-order valence-corrected chi connectivity index (χ0v) is 13.0. The summed E-state index contributed by atoms with van der Waals surface area (Å²) < 4.78 is 0. The first-order valence-electron chi connectivity index (χ1n) is 8.48. The number of benzene rings is 2. The van der Waals surface area contributed by atoms with Crippen LogP contribution >= 0.6 is 0 Å². The lowest BCUT2D eigenvalue weighted by atomic mass is 9.83. The summed E-state index contributed by atoms with van der Waals surface area (Å²) in [5.74, 6) is 0.847. The molecule has 5 rings (SSSR count). The predicted molar refractivity (Wildman–Crippen MR) is 90.8 cm³/mol. The first kappa shape index (κ1) is 14.0. The molecule has 1 N–H and O–H groups in total. The fourth-order valence-electron chi connectivity index (χ4n) is 4.04. The Bertz CT molecular complexity index is 548. The maximum atomic E-state index is 3.98. The second-order valence-corrected chi connectivity index (χ2v) is 6.67. The van der Waals surface area contributed by atoms with Crippen LogP contribution in [0.25, 0.3) is 0 Å². The number of nitrogens with one attached hydrogen (secondary N) is 1. The van der Waals surface area contributed by atoms with Gasteiger partial charge in [-0.3, -0.25) is 0 Å². The third-order valence-electron chi connectivity index (χ3n) is 5.30. The molecule has 0 aliphatic carbocycles. The molecule has 2 bridgehead atoms. The molecule has 0 spiro atoms. The maximum Gasteiger partial charge on any atom is 0.0579 e. The molecule has 2 aromatic carbocycles. The van der Waals surface area contributed by atoms with Crippen LogP contribution in [0.4, 0.5) is 0 Å². The van der Waals surface area contributed by atoms with Crippen molar-refractivity contribution in [2.24, 2.45) is 5.92 Å². The van der Waals surface area contributed by atoms with Crippen molar-refractivity contribution in [1.82, 2.24) is 10.2 Å². The van der Waals surface area contributed by atoms with E-state index in [0.717, 1.165) is 5.92 Å². The topological polar surface area (TPSA) is 15.3 Å². The Morgan fingerprint density at radius 2 is 1.36 bits per heavy atom. The summed E-state index contributed by atoms with van der Waals surface area (Å²) >= 11 is 0. The van der Waals surface area contributed by atoms with Gasteiger partial charge < -0.3 is 10.2 Å². The van der Waals surface area contributed by atoms with Gasteiger partial charge in [-0.2, -0.15) is 0 Å². The normalized spacial score (nSPS) is 27.2. The van der Waals surface area contributed by atoms with E-state index in [1.807, 2.05) is 0 Å². The number of hydrogen-bond donors (Lipinski definition) is 1. The smallest absolute Gasteiger partial charge is 0.0579 e. The van der Waals surface area contributed by atoms with Gasteiger partial charge in [0.25, 0.3) is 0 Å². The van der Waals surface area contributed by atoms with Gasteiger partial charge in [0.05, 0.1) is 6.04 Å². The van der Waals surface area contributed by atoms with E-state index in [9.17, 15) is 0 Å². The number of nitrogens with zero attached hydrogens (tertiary/aromatic N) is 1. The molecule has 114 valence electrons. The minimum absolute atomic E-state index is 0.299. The molecule has 1 unspecified atom stereocenters. The highest BCUT2D eigenvalue weighted by Gasteiger charge is 2.35. The van der Waals surface area contributed by atoms with Crippen molar-refractivity contribution in [2.75, 3.05) is 19.6 Å². The van der Waals surface area contributed by atoms with Crippen molar-refractivity contribution in [1.29, 1.82) is 0 Å². The van der Waals surface area contributed by atoms with Gasteiger partial charge >= 0.3 is 0 Å². The second kappa shape index (κ2) is 6.23. The number of rotatable bonds is 4. The Morgan fingerprint density at radius 1 is 0.818 bits per heavy atom. The van der Waals surface area contributed by atoms with Crippen LogP contribution in [-0.4, -0.2) is 30.6 Å². The third-order valence-corrected chi connectivity index (χ3v) is 5.30. The number of hydrogen-bond acceptors (Lipinski definition) is 2. The molecule has 22 heavy (non-hydrogen) atoms. The molecule has 3 aliphatic heterocycles. The van der Waals surface area contributed by atoms with Gasteiger partial charge in [-0.05, 0) is 43.0 Å². The summed E-state index contributed by atoms with van der Waals surface area (Å²) in [6.45, 7) is 3.80. The van der Waals surface area contributed by atoms with Crippen molar-refractivity contribution >= 4 is 0 Å². The lowest BCUT2D eigenvalue weighted by molar-refractivity contribution is 0.0692. The molecule has 0 radical (unpaired) electrons. The van der Waals surface area contributed by atoms with E-state index >= 15 is 0 Å². The van der Waals surface area contributed by atoms with Crippen LogP contribution in [0.1, 0.15) is 30.0 Å². The van der Waals surface area contributed by atoms with Crippen LogP contribution in [0.2, 0.25) is 0 Å². The first-order valence-corrected chi connectivity index (χ1v) is 8.48. The van der Waals surface area contributed by atoms with Gasteiger partial charge in [0, 0.05) is 12.6 Å². The highest BCUT2D eigenvalue weighted by Crippen LogP contribution is 2.31. The van der Waals surface area contributed by atoms with E-state index in [2.05, 4.69) is 70.9 Å². The standard InChI is InChI=1S/C20H24N2/c1-3-7-17(8-4-1)20(18-9-5-2-6-10-18)21-19-15-22-13-11-16(19)12-14-22/h1-10,16,19-21H,11-15H2. The van der Waals surface area contributed by atoms with Crippen LogP contribution in [-0.2, 0) is 0 Å². The third kappa shape index (κ3) is 2.81. The largest absolute Gasteiger partial charge is 0.302 e. The summed E-state index contributed by atoms with van der Waals surface area (Å²) in [5.41, 5.74) is 2.73. The highest BCUT2D eigenvalue weighted by molar-refractivity contribution is 5.31. The first-order chi connectivity index (χ1) is 10.9. The fourth-order valence-corrected chi connectivity index (χ4v) is 4.04. The summed E-state index contributed by atoms with van der Waals surface area (Å²) in [5, 5.41) is 3.98. The van der Waals surface area contributed by atoms with Crippen LogP contribution in [0.3, 0.4) is 0 Å². The van der Waals surface area contributed by atoms with Gasteiger partial charge in [0.2, 0.25) is 0 Å². The molecule has 0 saturated carbocycles. The van der Waals surface area contributed by atoms with Crippen molar-refractivity contribution in [3.05, 3.63) is 71.8 Å². The van der Waals surface area contributed by atoms with Crippen molar-refractivity contribution in [3.63, 3.8) is 0 Å². The Kier molecular flexibility index (Phi) is 3.96. The summed E-state index contributed by atoms with van der Waals surface area (Å²) in [4.78, 5) is 2.62. The Balaban J connectivity index is 1.61. The van der Waals surface area contributed by atoms with Gasteiger partial charge in [-0.25, -0.2) is 0 Å². The van der Waals surface area contributed by atoms with E-state index < -0.39 is 0 Å². The minimum Gasteiger partial charge on any atom is -0.302 e. The van der Waals surface area contributed by atoms with Gasteiger partial charge in [0.1, 0.15) is 0 Å². The zero-order chi connectivity index (χ0) is 14.8. The molecule has 2 aromatic rings. The molecule has 3 fully saturated rings. The SMILES string of the molecule is c1ccc(C(NC2CN3CCC2CC3)c2ccccc2)cc1. The van der Waals surface area contributed by atoms with Crippen molar-refractivity contribution in [3.8, 4) is 0 Å². The number of piperidine rings is 3. The summed E-state index contributed by atoms with van der Waals surface area (Å²) in [6.07, 6.45) is 2.71. The van der Waals surface area contributed by atoms with E-state index in [4.69, 9.17) is 0 Å². The monoisotopic (exact) mass is 292 g/mol. The molecule has 3 heterocycles. The summed E-state index contributed by atoms with van der Waals surface area (Å²) in [6, 6.07) is 22.6. The molecule has 3 saturated heterocycles. The predicted octanol–water partition coefficient (Wildman–Crippen LogP) is 3.46. The van der Waals surface area contributed by atoms with Crippen LogP contribution < -0.4 is 5.32 Å². The molecular formula is C20H24N2. The van der Waals surface area contributed by atoms with Crippen LogP contribution in [0, 0.1) is 5.92 Å². The average Bonchev–Trinajstić information content (AvgIpc) is 2.62. The summed E-state index contributed by atoms with van der Waals surface area (Å²) in [7, 11) is 0. The lowest BCUT2D eigenvalue weighted by Gasteiger charge is -2.46. The second-order valence-electron chi connectivity index (χ2n) is 6.67. The molecule has 0 aromatic heterocycles. The maximum absolute atomic E-state index is 3.98. The van der Waals surface area contributed by atoms with Gasteiger partial charge in [-0.15, -0.1) is 0 Å². The zero-order valence-electron chi connectivity index (χ0n) is 13.0. The molecule has 1 atom stereocenters. The Labute approximate surface area is 133 Å². The molecule has 3 aliphatic rings. The van der Waals surface area contributed by atoms with Crippen molar-refractivity contribution < 1.29 is 0 Å². The molecule has 2 nitrogen and oxygen atoms in total. The van der Waals surface area contributed by atoms with Gasteiger partial charge in [0.15, 0.2) is 0 Å². The van der Waals surface area contributed by atoms with E-state index in [-0.39, 0.29) is 0 Å². The fraction of sp³-hybridized carbons (Fsp3) is 0.400. The van der Waals surface area contributed by atoms with E-state index in [1.54, 1.807) is 0 Å². The molecule has 0 amide bonds. The Hall–Kier alpha value is -1.64. The molecular weight excluding hydrogens is 268 g/mol. The van der Waals surface area contributed by atoms with E-state index in [1.165, 1.54) is 43.6 Å². The van der Waals surface area contributed by atoms with Crippen LogP contribution in [0.5, 0.6) is 0 Å². The quantitative estimate of drug-likeness (QED) is 0.928. The Morgan fingerprint density at radius 3 is 1.82 bits per heavy atom. The van der Waals surface area contributed by atoms with E-state index in [0.29, 0.717) is 12.1 Å². The van der Waals surface area contributed by atoms with Crippen molar-refractivity contribution in [2.45, 2.75) is 24.9 Å². The van der Waals surface area contributed by atoms with Crippen LogP contribution in [0.15, 0.2) is 60.7 Å². The molecule has 2 heteroatoms. The minimum atomic E-state index is 0.299.